The molecule has 4 heteroatoms. The normalized spacial score (nSPS) is 10.4. The Morgan fingerprint density at radius 3 is 2.82 bits per heavy atom. The van der Waals surface area contributed by atoms with Gasteiger partial charge in [0.1, 0.15) is 12.2 Å². The second-order valence-electron chi connectivity index (χ2n) is 4.94. The number of furan rings is 1. The van der Waals surface area contributed by atoms with E-state index >= 15 is 0 Å². The third kappa shape index (κ3) is 2.57. The van der Waals surface area contributed by atoms with Crippen LogP contribution in [0.2, 0.25) is 0 Å². The first-order valence-electron chi connectivity index (χ1n) is 6.83. The molecule has 0 aliphatic rings. The quantitative estimate of drug-likeness (QED) is 0.685. The minimum Gasteiger partial charge on any atom is -0.455 e. The van der Waals surface area contributed by atoms with Crippen molar-refractivity contribution in [1.29, 1.82) is 5.26 Å². The fourth-order valence-corrected chi connectivity index (χ4v) is 2.31. The number of carbonyl (C=O) groups excluding carboxylic acids is 1. The van der Waals surface area contributed by atoms with Crippen LogP contribution >= 0.6 is 0 Å². The third-order valence-corrected chi connectivity index (χ3v) is 3.46. The van der Waals surface area contributed by atoms with E-state index in [4.69, 9.17) is 14.4 Å². The predicted octanol–water partition coefficient (Wildman–Crippen LogP) is 3.97. The SMILES string of the molecule is Cc1c(C(=O)OCc2cccc(C#N)c2)oc2ccccc12. The van der Waals surface area contributed by atoms with Gasteiger partial charge in [-0.3, -0.25) is 0 Å². The Kier molecular flexibility index (Phi) is 3.63. The van der Waals surface area contributed by atoms with Crippen LogP contribution in [-0.2, 0) is 11.3 Å². The number of carbonyl (C=O) groups is 1. The molecule has 0 unspecified atom stereocenters. The van der Waals surface area contributed by atoms with Crippen LogP contribution in [0, 0.1) is 18.3 Å². The Morgan fingerprint density at radius 1 is 1.23 bits per heavy atom. The summed E-state index contributed by atoms with van der Waals surface area (Å²) in [7, 11) is 0. The van der Waals surface area contributed by atoms with Crippen molar-refractivity contribution in [3.05, 3.63) is 71.0 Å². The van der Waals surface area contributed by atoms with Gasteiger partial charge in [0.15, 0.2) is 0 Å². The van der Waals surface area contributed by atoms with Gasteiger partial charge in [0.05, 0.1) is 11.6 Å². The van der Waals surface area contributed by atoms with Crippen LogP contribution in [0.1, 0.15) is 27.2 Å². The van der Waals surface area contributed by atoms with E-state index in [0.29, 0.717) is 11.1 Å². The molecular formula is C18H13NO3. The zero-order chi connectivity index (χ0) is 15.5. The number of aryl methyl sites for hydroxylation is 1. The summed E-state index contributed by atoms with van der Waals surface area (Å²) in [4.78, 5) is 12.2. The molecular weight excluding hydrogens is 278 g/mol. The Balaban J connectivity index is 1.79. The van der Waals surface area contributed by atoms with Crippen LogP contribution in [0.5, 0.6) is 0 Å². The van der Waals surface area contributed by atoms with Gasteiger partial charge in [0.25, 0.3) is 0 Å². The molecule has 0 fully saturated rings. The summed E-state index contributed by atoms with van der Waals surface area (Å²) in [5, 5.41) is 9.77. The van der Waals surface area contributed by atoms with Crippen LogP contribution in [0.15, 0.2) is 52.9 Å². The number of fused-ring (bicyclic) bond motifs is 1. The van der Waals surface area contributed by atoms with Gasteiger partial charge in [-0.25, -0.2) is 4.79 Å². The number of benzene rings is 2. The van der Waals surface area contributed by atoms with Gasteiger partial charge in [-0.05, 0) is 30.7 Å². The molecule has 3 aromatic rings. The van der Waals surface area contributed by atoms with Crippen molar-refractivity contribution in [1.82, 2.24) is 0 Å². The van der Waals surface area contributed by atoms with E-state index in [-0.39, 0.29) is 12.4 Å². The van der Waals surface area contributed by atoms with Crippen LogP contribution in [-0.4, -0.2) is 5.97 Å². The van der Waals surface area contributed by atoms with Crippen molar-refractivity contribution >= 4 is 16.9 Å². The summed E-state index contributed by atoms with van der Waals surface area (Å²) >= 11 is 0. The van der Waals surface area contributed by atoms with Crippen molar-refractivity contribution in [2.24, 2.45) is 0 Å². The third-order valence-electron chi connectivity index (χ3n) is 3.46. The zero-order valence-electron chi connectivity index (χ0n) is 12.0. The van der Waals surface area contributed by atoms with Crippen LogP contribution in [0.25, 0.3) is 11.0 Å². The van der Waals surface area contributed by atoms with E-state index in [9.17, 15) is 4.79 Å². The molecule has 4 nitrogen and oxygen atoms in total. The molecule has 0 radical (unpaired) electrons. The maximum absolute atomic E-state index is 12.2. The van der Waals surface area contributed by atoms with E-state index in [2.05, 4.69) is 6.07 Å². The van der Waals surface area contributed by atoms with Gasteiger partial charge in [-0.2, -0.15) is 5.26 Å². The zero-order valence-corrected chi connectivity index (χ0v) is 12.0. The maximum atomic E-state index is 12.2. The van der Waals surface area contributed by atoms with Crippen LogP contribution in [0.4, 0.5) is 0 Å². The van der Waals surface area contributed by atoms with Crippen molar-refractivity contribution < 1.29 is 13.9 Å². The number of esters is 1. The largest absolute Gasteiger partial charge is 0.455 e. The summed E-state index contributed by atoms with van der Waals surface area (Å²) in [6, 6.07) is 16.5. The number of hydrogen-bond acceptors (Lipinski definition) is 4. The number of rotatable bonds is 3. The smallest absolute Gasteiger partial charge is 0.374 e. The Hall–Kier alpha value is -3.06. The average molecular weight is 291 g/mol. The molecule has 22 heavy (non-hydrogen) atoms. The van der Waals surface area contributed by atoms with E-state index in [1.54, 1.807) is 24.3 Å². The van der Waals surface area contributed by atoms with Gasteiger partial charge in [-0.15, -0.1) is 0 Å². The molecule has 0 bridgehead atoms. The number of nitriles is 1. The van der Waals surface area contributed by atoms with Crippen molar-refractivity contribution in [2.45, 2.75) is 13.5 Å². The summed E-state index contributed by atoms with van der Waals surface area (Å²) in [5.74, 6) is -0.284. The molecule has 0 saturated carbocycles. The van der Waals surface area contributed by atoms with Crippen molar-refractivity contribution in [3.63, 3.8) is 0 Å². The number of nitrogens with zero attached hydrogens (tertiary/aromatic N) is 1. The molecule has 0 spiro atoms. The highest BCUT2D eigenvalue weighted by Crippen LogP contribution is 2.25. The first-order chi connectivity index (χ1) is 10.7. The lowest BCUT2D eigenvalue weighted by Gasteiger charge is -2.04. The predicted molar refractivity (Wildman–Crippen MR) is 81.2 cm³/mol. The van der Waals surface area contributed by atoms with E-state index in [1.165, 1.54) is 0 Å². The number of para-hydroxylation sites is 1. The molecule has 1 heterocycles. The van der Waals surface area contributed by atoms with Gasteiger partial charge in [0, 0.05) is 10.9 Å². The van der Waals surface area contributed by atoms with Crippen LogP contribution in [0.3, 0.4) is 0 Å². The molecule has 0 amide bonds. The van der Waals surface area contributed by atoms with Crippen molar-refractivity contribution in [2.75, 3.05) is 0 Å². The van der Waals surface area contributed by atoms with E-state index in [0.717, 1.165) is 16.5 Å². The second kappa shape index (κ2) is 5.74. The molecule has 108 valence electrons. The topological polar surface area (TPSA) is 63.2 Å². The van der Waals surface area contributed by atoms with E-state index in [1.807, 2.05) is 31.2 Å². The van der Waals surface area contributed by atoms with Crippen LogP contribution < -0.4 is 0 Å². The highest BCUT2D eigenvalue weighted by atomic mass is 16.5. The first kappa shape index (κ1) is 13.9. The number of hydrogen-bond donors (Lipinski definition) is 0. The van der Waals surface area contributed by atoms with Gasteiger partial charge in [0.2, 0.25) is 5.76 Å². The monoisotopic (exact) mass is 291 g/mol. The Morgan fingerprint density at radius 2 is 2.05 bits per heavy atom. The van der Waals surface area contributed by atoms with Gasteiger partial charge >= 0.3 is 5.97 Å². The average Bonchev–Trinajstić information content (AvgIpc) is 2.90. The fraction of sp³-hybridized carbons (Fsp3) is 0.111. The minimum atomic E-state index is -0.504. The number of ether oxygens (including phenoxy) is 1. The lowest BCUT2D eigenvalue weighted by atomic mass is 10.1. The summed E-state index contributed by atoms with van der Waals surface area (Å²) in [6.07, 6.45) is 0. The molecule has 0 atom stereocenters. The Labute approximate surface area is 127 Å². The summed E-state index contributed by atoms with van der Waals surface area (Å²) in [5.41, 5.74) is 2.74. The molecule has 0 aliphatic heterocycles. The lowest BCUT2D eigenvalue weighted by Crippen LogP contribution is -2.05. The van der Waals surface area contributed by atoms with Gasteiger partial charge in [-0.1, -0.05) is 30.3 Å². The van der Waals surface area contributed by atoms with Crippen molar-refractivity contribution in [3.8, 4) is 6.07 Å². The van der Waals surface area contributed by atoms with E-state index < -0.39 is 5.97 Å². The highest BCUT2D eigenvalue weighted by Gasteiger charge is 2.18. The Bertz CT molecular complexity index is 887. The molecule has 0 N–H and O–H groups in total. The molecule has 0 aliphatic carbocycles. The standard InChI is InChI=1S/C18H13NO3/c1-12-15-7-2-3-8-16(15)22-17(12)18(20)21-11-14-6-4-5-13(9-14)10-19/h2-9H,11H2,1H3. The summed E-state index contributed by atoms with van der Waals surface area (Å²) in [6.45, 7) is 1.93. The maximum Gasteiger partial charge on any atom is 0.374 e. The molecule has 2 aromatic carbocycles. The fourth-order valence-electron chi connectivity index (χ4n) is 2.31. The molecule has 1 aromatic heterocycles. The molecule has 0 saturated heterocycles. The van der Waals surface area contributed by atoms with Gasteiger partial charge < -0.3 is 9.15 Å². The first-order valence-corrected chi connectivity index (χ1v) is 6.83. The second-order valence-corrected chi connectivity index (χ2v) is 4.94. The minimum absolute atomic E-state index is 0.102. The lowest BCUT2D eigenvalue weighted by molar-refractivity contribution is 0.0437. The molecule has 3 rings (SSSR count). The highest BCUT2D eigenvalue weighted by molar-refractivity contribution is 5.95. The summed E-state index contributed by atoms with van der Waals surface area (Å²) < 4.78 is 10.8.